The lowest BCUT2D eigenvalue weighted by Crippen LogP contribution is -2.41. The molecular formula is C28H27F3N4O3. The summed E-state index contributed by atoms with van der Waals surface area (Å²) in [7, 11) is 1.55. The van der Waals surface area contributed by atoms with E-state index in [0.29, 0.717) is 41.1 Å². The molecule has 0 fully saturated rings. The Labute approximate surface area is 218 Å². The summed E-state index contributed by atoms with van der Waals surface area (Å²) < 4.78 is 45.4. The fraction of sp³-hybridized carbons (Fsp3) is 0.321. The third-order valence-corrected chi connectivity index (χ3v) is 6.44. The fourth-order valence-corrected chi connectivity index (χ4v) is 4.26. The Bertz CT molecular complexity index is 1440. The molecule has 10 heteroatoms. The molecule has 0 saturated heterocycles. The minimum atomic E-state index is -4.42. The molecule has 1 N–H and O–H groups in total. The molecule has 198 valence electrons. The first-order valence-corrected chi connectivity index (χ1v) is 12.0. The number of methoxy groups -OCH3 is 1. The Balaban J connectivity index is 1.61. The monoisotopic (exact) mass is 524 g/mol. The molecule has 0 aliphatic carbocycles. The van der Waals surface area contributed by atoms with Crippen LogP contribution in [0.25, 0.3) is 0 Å². The number of alkyl halides is 3. The molecule has 1 aliphatic rings. The molecule has 1 atom stereocenters. The summed E-state index contributed by atoms with van der Waals surface area (Å²) in [6.45, 7) is 4.00. The first kappa shape index (κ1) is 26.8. The molecule has 2 aromatic carbocycles. The lowest BCUT2D eigenvalue weighted by atomic mass is 10.0. The van der Waals surface area contributed by atoms with Crippen LogP contribution in [0.1, 0.15) is 52.6 Å². The number of nitrogens with one attached hydrogen (secondary N) is 1. The number of carbonyl (C=O) groups excluding carboxylic acids is 1. The van der Waals surface area contributed by atoms with Gasteiger partial charge >= 0.3 is 6.18 Å². The van der Waals surface area contributed by atoms with Gasteiger partial charge in [0, 0.05) is 18.5 Å². The zero-order valence-corrected chi connectivity index (χ0v) is 21.2. The molecule has 0 bridgehead atoms. The van der Waals surface area contributed by atoms with Gasteiger partial charge in [-0.05, 0) is 55.8 Å². The molecule has 1 amide bonds. The number of amides is 1. The Morgan fingerprint density at radius 3 is 2.45 bits per heavy atom. The summed E-state index contributed by atoms with van der Waals surface area (Å²) in [5.41, 5.74) is 1.05. The van der Waals surface area contributed by atoms with E-state index in [-0.39, 0.29) is 30.5 Å². The van der Waals surface area contributed by atoms with Crippen LogP contribution in [0.3, 0.4) is 0 Å². The van der Waals surface area contributed by atoms with E-state index in [1.165, 1.54) is 16.7 Å². The standard InChI is InChI=1S/C28H27F3N4O3/c1-4-5-15-35-26(37)23-17-34(25(36)20-8-12-22(38-3)13-9-20)16-14-24(23)33-27(35)32-18(2)19-6-10-21(11-7-19)28(29,30)31/h6-13,18H,14-17H2,1-3H3,(H,32,33). The van der Waals surface area contributed by atoms with Crippen molar-refractivity contribution < 1.29 is 22.7 Å². The third kappa shape index (κ3) is 5.67. The molecule has 0 saturated carbocycles. The number of benzene rings is 2. The van der Waals surface area contributed by atoms with Crippen LogP contribution in [0.5, 0.6) is 5.75 Å². The van der Waals surface area contributed by atoms with Crippen LogP contribution in [0, 0.1) is 11.8 Å². The minimum absolute atomic E-state index is 0.0735. The van der Waals surface area contributed by atoms with Crippen molar-refractivity contribution in [1.82, 2.24) is 14.5 Å². The summed E-state index contributed by atoms with van der Waals surface area (Å²) in [4.78, 5) is 32.9. The minimum Gasteiger partial charge on any atom is -0.497 e. The van der Waals surface area contributed by atoms with Gasteiger partial charge in [0.2, 0.25) is 5.95 Å². The molecule has 7 nitrogen and oxygen atoms in total. The van der Waals surface area contributed by atoms with Crippen molar-refractivity contribution in [3.8, 4) is 17.6 Å². The second-order valence-corrected chi connectivity index (χ2v) is 8.87. The number of hydrogen-bond acceptors (Lipinski definition) is 5. The van der Waals surface area contributed by atoms with Gasteiger partial charge in [-0.1, -0.05) is 18.1 Å². The van der Waals surface area contributed by atoms with Gasteiger partial charge < -0.3 is 15.0 Å². The van der Waals surface area contributed by atoms with Crippen LogP contribution >= 0.6 is 0 Å². The lowest BCUT2D eigenvalue weighted by molar-refractivity contribution is -0.137. The highest BCUT2D eigenvalue weighted by atomic mass is 19.4. The molecule has 1 aromatic heterocycles. The first-order valence-electron chi connectivity index (χ1n) is 12.0. The van der Waals surface area contributed by atoms with Gasteiger partial charge in [-0.15, -0.1) is 5.92 Å². The zero-order chi connectivity index (χ0) is 27.4. The first-order chi connectivity index (χ1) is 18.1. The summed E-state index contributed by atoms with van der Waals surface area (Å²) >= 11 is 0. The van der Waals surface area contributed by atoms with Crippen molar-refractivity contribution in [2.24, 2.45) is 0 Å². The molecular weight excluding hydrogens is 497 g/mol. The predicted octanol–water partition coefficient (Wildman–Crippen LogP) is 4.67. The maximum atomic E-state index is 13.5. The van der Waals surface area contributed by atoms with E-state index in [1.54, 1.807) is 50.1 Å². The van der Waals surface area contributed by atoms with E-state index in [2.05, 4.69) is 22.1 Å². The molecule has 1 unspecified atom stereocenters. The van der Waals surface area contributed by atoms with Gasteiger partial charge in [0.25, 0.3) is 11.5 Å². The molecule has 1 aliphatic heterocycles. The van der Waals surface area contributed by atoms with Gasteiger partial charge in [0.05, 0.1) is 43.1 Å². The van der Waals surface area contributed by atoms with E-state index in [0.717, 1.165) is 12.1 Å². The average molecular weight is 525 g/mol. The Morgan fingerprint density at radius 1 is 1.16 bits per heavy atom. The van der Waals surface area contributed by atoms with E-state index in [4.69, 9.17) is 4.74 Å². The SMILES string of the molecule is CC#CCn1c(NC(C)c2ccc(C(F)(F)F)cc2)nc2c(c1=O)CN(C(=O)c1ccc(OC)cc1)CC2. The number of carbonyl (C=O) groups is 1. The normalized spacial score (nSPS) is 13.7. The van der Waals surface area contributed by atoms with Gasteiger partial charge in [0.15, 0.2) is 0 Å². The smallest absolute Gasteiger partial charge is 0.416 e. The summed E-state index contributed by atoms with van der Waals surface area (Å²) in [6, 6.07) is 11.2. The van der Waals surface area contributed by atoms with Crippen molar-refractivity contribution in [2.45, 2.75) is 45.6 Å². The van der Waals surface area contributed by atoms with Gasteiger partial charge in [-0.25, -0.2) is 4.98 Å². The third-order valence-electron chi connectivity index (χ3n) is 6.44. The van der Waals surface area contributed by atoms with Crippen LogP contribution in [0.2, 0.25) is 0 Å². The topological polar surface area (TPSA) is 76.5 Å². The van der Waals surface area contributed by atoms with Gasteiger partial charge in [-0.3, -0.25) is 14.2 Å². The number of rotatable bonds is 6. The second kappa shape index (κ2) is 11.0. The van der Waals surface area contributed by atoms with E-state index >= 15 is 0 Å². The van der Waals surface area contributed by atoms with Crippen LogP contribution in [0.15, 0.2) is 53.3 Å². The maximum absolute atomic E-state index is 13.5. The largest absolute Gasteiger partial charge is 0.497 e. The van der Waals surface area contributed by atoms with Crippen molar-refractivity contribution in [3.05, 3.63) is 86.8 Å². The van der Waals surface area contributed by atoms with Crippen molar-refractivity contribution in [1.29, 1.82) is 0 Å². The van der Waals surface area contributed by atoms with E-state index < -0.39 is 17.8 Å². The maximum Gasteiger partial charge on any atom is 0.416 e. The molecule has 4 rings (SSSR count). The van der Waals surface area contributed by atoms with E-state index in [1.807, 2.05) is 0 Å². The van der Waals surface area contributed by atoms with Gasteiger partial charge in [0.1, 0.15) is 5.75 Å². The summed E-state index contributed by atoms with van der Waals surface area (Å²) in [5, 5.41) is 3.17. The van der Waals surface area contributed by atoms with Gasteiger partial charge in [-0.2, -0.15) is 13.2 Å². The highest BCUT2D eigenvalue weighted by Gasteiger charge is 2.30. The molecule has 2 heterocycles. The average Bonchev–Trinajstić information content (AvgIpc) is 2.92. The highest BCUT2D eigenvalue weighted by Crippen LogP contribution is 2.30. The number of aromatic nitrogens is 2. The summed E-state index contributed by atoms with van der Waals surface area (Å²) in [6.07, 6.45) is -4.03. The van der Waals surface area contributed by atoms with Crippen LogP contribution < -0.4 is 15.6 Å². The number of anilines is 1. The van der Waals surface area contributed by atoms with Crippen LogP contribution in [-0.2, 0) is 25.7 Å². The fourth-order valence-electron chi connectivity index (χ4n) is 4.26. The van der Waals surface area contributed by atoms with Crippen LogP contribution in [0.4, 0.5) is 19.1 Å². The Kier molecular flexibility index (Phi) is 7.76. The Morgan fingerprint density at radius 2 is 1.84 bits per heavy atom. The highest BCUT2D eigenvalue weighted by molar-refractivity contribution is 5.94. The number of nitrogens with zero attached hydrogens (tertiary/aromatic N) is 3. The molecule has 38 heavy (non-hydrogen) atoms. The summed E-state index contributed by atoms with van der Waals surface area (Å²) in [5.74, 6) is 6.36. The number of hydrogen-bond donors (Lipinski definition) is 1. The zero-order valence-electron chi connectivity index (χ0n) is 21.2. The van der Waals surface area contributed by atoms with Crippen molar-refractivity contribution in [3.63, 3.8) is 0 Å². The molecule has 0 spiro atoms. The number of ether oxygens (including phenoxy) is 1. The number of halogens is 3. The van der Waals surface area contributed by atoms with Crippen LogP contribution in [-0.4, -0.2) is 34.0 Å². The van der Waals surface area contributed by atoms with Crippen molar-refractivity contribution in [2.75, 3.05) is 19.0 Å². The molecule has 0 radical (unpaired) electrons. The lowest BCUT2D eigenvalue weighted by Gasteiger charge is -2.29. The Hall–Kier alpha value is -4.26. The second-order valence-electron chi connectivity index (χ2n) is 8.87. The predicted molar refractivity (Wildman–Crippen MR) is 137 cm³/mol. The van der Waals surface area contributed by atoms with Crippen molar-refractivity contribution >= 4 is 11.9 Å². The number of fused-ring (bicyclic) bond motifs is 1. The van der Waals surface area contributed by atoms with E-state index in [9.17, 15) is 22.8 Å². The quantitative estimate of drug-likeness (QED) is 0.475. The molecule has 3 aromatic rings.